The standard InChI is InChI=1S/C21H28N4O2S.HI/c1-2-23-21(24-15-18-9-6-10-20(14-18)28(22,26)27)25-12-11-19(16-25)13-17-7-4-3-5-8-17;/h3-10,14,19H,2,11-13,15-16H2,1H3,(H,23,24)(H2,22,26,27);1H. The Morgan fingerprint density at radius 3 is 2.59 bits per heavy atom. The number of aliphatic imine (C=N–C) groups is 1. The highest BCUT2D eigenvalue weighted by molar-refractivity contribution is 14.0. The minimum absolute atomic E-state index is 0. The topological polar surface area (TPSA) is 87.8 Å². The molecular formula is C21H29IN4O2S. The lowest BCUT2D eigenvalue weighted by Gasteiger charge is -2.22. The molecule has 0 saturated carbocycles. The summed E-state index contributed by atoms with van der Waals surface area (Å²) in [5, 5.41) is 8.58. The Labute approximate surface area is 190 Å². The van der Waals surface area contributed by atoms with Gasteiger partial charge < -0.3 is 10.2 Å². The third kappa shape index (κ3) is 6.97. The number of halogens is 1. The van der Waals surface area contributed by atoms with E-state index in [1.54, 1.807) is 12.1 Å². The number of benzene rings is 2. The molecule has 2 aromatic carbocycles. The number of hydrogen-bond acceptors (Lipinski definition) is 3. The van der Waals surface area contributed by atoms with Crippen molar-refractivity contribution in [3.05, 3.63) is 65.7 Å². The maximum atomic E-state index is 11.5. The molecule has 0 amide bonds. The summed E-state index contributed by atoms with van der Waals surface area (Å²) < 4.78 is 23.1. The van der Waals surface area contributed by atoms with Crippen LogP contribution in [0, 0.1) is 5.92 Å². The number of primary sulfonamides is 1. The number of likely N-dealkylation sites (tertiary alicyclic amines) is 1. The van der Waals surface area contributed by atoms with Gasteiger partial charge in [0.2, 0.25) is 10.0 Å². The molecule has 29 heavy (non-hydrogen) atoms. The highest BCUT2D eigenvalue weighted by Crippen LogP contribution is 2.21. The summed E-state index contributed by atoms with van der Waals surface area (Å²) in [6.45, 7) is 5.19. The molecule has 6 nitrogen and oxygen atoms in total. The van der Waals surface area contributed by atoms with E-state index in [4.69, 9.17) is 10.1 Å². The first-order chi connectivity index (χ1) is 13.5. The summed E-state index contributed by atoms with van der Waals surface area (Å²) in [7, 11) is -3.70. The molecule has 3 N–H and O–H groups in total. The van der Waals surface area contributed by atoms with E-state index < -0.39 is 10.0 Å². The van der Waals surface area contributed by atoms with Crippen LogP contribution >= 0.6 is 24.0 Å². The second kappa shape index (κ2) is 10.9. The van der Waals surface area contributed by atoms with Gasteiger partial charge in [-0.3, -0.25) is 0 Å². The maximum Gasteiger partial charge on any atom is 0.238 e. The number of nitrogens with two attached hydrogens (primary N) is 1. The summed E-state index contributed by atoms with van der Waals surface area (Å²) >= 11 is 0. The molecule has 0 spiro atoms. The summed E-state index contributed by atoms with van der Waals surface area (Å²) in [4.78, 5) is 7.14. The van der Waals surface area contributed by atoms with E-state index in [0.717, 1.165) is 44.0 Å². The number of nitrogens with zero attached hydrogens (tertiary/aromatic N) is 2. The zero-order chi connectivity index (χ0) is 20.0. The van der Waals surface area contributed by atoms with E-state index in [9.17, 15) is 8.42 Å². The Hall–Kier alpha value is -1.65. The van der Waals surface area contributed by atoms with Crippen molar-refractivity contribution in [2.24, 2.45) is 16.0 Å². The van der Waals surface area contributed by atoms with Gasteiger partial charge in [0.25, 0.3) is 0 Å². The Balaban J connectivity index is 0.00000300. The second-order valence-electron chi connectivity index (χ2n) is 7.15. The molecule has 8 heteroatoms. The number of rotatable bonds is 6. The van der Waals surface area contributed by atoms with E-state index in [1.165, 1.54) is 11.6 Å². The maximum absolute atomic E-state index is 11.5. The summed E-state index contributed by atoms with van der Waals surface area (Å²) in [6, 6.07) is 17.2. The predicted molar refractivity (Wildman–Crippen MR) is 128 cm³/mol. The van der Waals surface area contributed by atoms with Gasteiger partial charge in [0.15, 0.2) is 5.96 Å². The molecule has 3 rings (SSSR count). The average Bonchev–Trinajstić information content (AvgIpc) is 3.14. The van der Waals surface area contributed by atoms with Crippen molar-refractivity contribution in [3.8, 4) is 0 Å². The van der Waals surface area contributed by atoms with Gasteiger partial charge in [0.05, 0.1) is 11.4 Å². The molecule has 0 aliphatic carbocycles. The number of sulfonamides is 1. The van der Waals surface area contributed by atoms with Crippen LogP contribution in [0.3, 0.4) is 0 Å². The predicted octanol–water partition coefficient (Wildman–Crippen LogP) is 2.98. The molecular weight excluding hydrogens is 499 g/mol. The van der Waals surface area contributed by atoms with Crippen molar-refractivity contribution >= 4 is 40.0 Å². The molecule has 1 atom stereocenters. The molecule has 0 bridgehead atoms. The lowest BCUT2D eigenvalue weighted by atomic mass is 9.99. The SMILES string of the molecule is CCNC(=NCc1cccc(S(N)(=O)=O)c1)N1CCC(Cc2ccccc2)C1.I. The second-order valence-corrected chi connectivity index (χ2v) is 8.71. The van der Waals surface area contributed by atoms with E-state index in [0.29, 0.717) is 12.5 Å². The number of nitrogens with one attached hydrogen (secondary N) is 1. The Bertz CT molecular complexity index is 919. The number of guanidine groups is 1. The van der Waals surface area contributed by atoms with Gasteiger partial charge in [-0.2, -0.15) is 0 Å². The highest BCUT2D eigenvalue weighted by atomic mass is 127. The van der Waals surface area contributed by atoms with E-state index >= 15 is 0 Å². The highest BCUT2D eigenvalue weighted by Gasteiger charge is 2.25. The largest absolute Gasteiger partial charge is 0.357 e. The quantitative estimate of drug-likeness (QED) is 0.343. The fraction of sp³-hybridized carbons (Fsp3) is 0.381. The van der Waals surface area contributed by atoms with Crippen molar-refractivity contribution in [3.63, 3.8) is 0 Å². The third-order valence-electron chi connectivity index (χ3n) is 4.93. The van der Waals surface area contributed by atoms with Crippen LogP contribution in [0.15, 0.2) is 64.5 Å². The van der Waals surface area contributed by atoms with Crippen LogP contribution in [-0.2, 0) is 23.0 Å². The van der Waals surface area contributed by atoms with Gasteiger partial charge in [-0.1, -0.05) is 42.5 Å². The summed E-state index contributed by atoms with van der Waals surface area (Å²) in [5.41, 5.74) is 2.19. The molecule has 158 valence electrons. The van der Waals surface area contributed by atoms with Crippen molar-refractivity contribution < 1.29 is 8.42 Å². The Morgan fingerprint density at radius 1 is 1.17 bits per heavy atom. The fourth-order valence-corrected chi connectivity index (χ4v) is 4.14. The normalized spacial score (nSPS) is 17.1. The lowest BCUT2D eigenvalue weighted by Crippen LogP contribution is -2.40. The van der Waals surface area contributed by atoms with Gasteiger partial charge in [0.1, 0.15) is 0 Å². The van der Waals surface area contributed by atoms with Gasteiger partial charge in [0, 0.05) is 19.6 Å². The van der Waals surface area contributed by atoms with Gasteiger partial charge in [-0.15, -0.1) is 24.0 Å². The third-order valence-corrected chi connectivity index (χ3v) is 5.84. The zero-order valence-electron chi connectivity index (χ0n) is 16.6. The van der Waals surface area contributed by atoms with Crippen LogP contribution in [0.5, 0.6) is 0 Å². The number of hydrogen-bond donors (Lipinski definition) is 2. The van der Waals surface area contributed by atoms with Crippen LogP contribution in [0.25, 0.3) is 0 Å². The minimum atomic E-state index is -3.70. The molecule has 2 aromatic rings. The molecule has 1 heterocycles. The molecule has 1 aliphatic heterocycles. The van der Waals surface area contributed by atoms with Crippen molar-refractivity contribution in [1.29, 1.82) is 0 Å². The molecule has 1 unspecified atom stereocenters. The van der Waals surface area contributed by atoms with Crippen molar-refractivity contribution in [2.75, 3.05) is 19.6 Å². The van der Waals surface area contributed by atoms with E-state index in [1.807, 2.05) is 12.1 Å². The zero-order valence-corrected chi connectivity index (χ0v) is 19.8. The lowest BCUT2D eigenvalue weighted by molar-refractivity contribution is 0.460. The van der Waals surface area contributed by atoms with Gasteiger partial charge in [-0.05, 0) is 48.9 Å². The van der Waals surface area contributed by atoms with Crippen LogP contribution in [0.1, 0.15) is 24.5 Å². The Kier molecular flexibility index (Phi) is 8.91. The molecule has 1 fully saturated rings. The van der Waals surface area contributed by atoms with Crippen LogP contribution in [-0.4, -0.2) is 38.9 Å². The first-order valence-electron chi connectivity index (χ1n) is 9.64. The van der Waals surface area contributed by atoms with Crippen LogP contribution in [0.4, 0.5) is 0 Å². The van der Waals surface area contributed by atoms with E-state index in [-0.39, 0.29) is 28.9 Å². The molecule has 1 saturated heterocycles. The molecule has 0 aromatic heterocycles. The first-order valence-corrected chi connectivity index (χ1v) is 11.2. The monoisotopic (exact) mass is 528 g/mol. The molecule has 0 radical (unpaired) electrons. The smallest absolute Gasteiger partial charge is 0.238 e. The summed E-state index contributed by atoms with van der Waals surface area (Å²) in [5.74, 6) is 1.48. The van der Waals surface area contributed by atoms with Crippen molar-refractivity contribution in [2.45, 2.75) is 31.2 Å². The fourth-order valence-electron chi connectivity index (χ4n) is 3.55. The van der Waals surface area contributed by atoms with Gasteiger partial charge >= 0.3 is 0 Å². The molecule has 1 aliphatic rings. The average molecular weight is 528 g/mol. The Morgan fingerprint density at radius 2 is 1.90 bits per heavy atom. The van der Waals surface area contributed by atoms with Crippen LogP contribution < -0.4 is 10.5 Å². The van der Waals surface area contributed by atoms with Crippen LogP contribution in [0.2, 0.25) is 0 Å². The van der Waals surface area contributed by atoms with E-state index in [2.05, 4.69) is 41.4 Å². The minimum Gasteiger partial charge on any atom is -0.357 e. The first kappa shape index (κ1) is 23.6. The van der Waals surface area contributed by atoms with Gasteiger partial charge in [-0.25, -0.2) is 18.5 Å². The van der Waals surface area contributed by atoms with Crippen molar-refractivity contribution in [1.82, 2.24) is 10.2 Å². The summed E-state index contributed by atoms with van der Waals surface area (Å²) in [6.07, 6.45) is 2.22.